The smallest absolute Gasteiger partial charge is 0.405 e. The van der Waals surface area contributed by atoms with Crippen LogP contribution >= 0.6 is 11.8 Å². The van der Waals surface area contributed by atoms with Gasteiger partial charge in [0.25, 0.3) is 0 Å². The van der Waals surface area contributed by atoms with Crippen LogP contribution in [0.25, 0.3) is 0 Å². The molecule has 2 aromatic rings. The van der Waals surface area contributed by atoms with Gasteiger partial charge in [-0.25, -0.2) is 4.98 Å². The minimum atomic E-state index is -0.571. The first-order valence-corrected chi connectivity index (χ1v) is 6.07. The number of furan rings is 1. The molecule has 2 heterocycles. The molecule has 0 amide bonds. The zero-order valence-electron chi connectivity index (χ0n) is 9.57. The first kappa shape index (κ1) is 12.7. The van der Waals surface area contributed by atoms with Crippen molar-refractivity contribution in [2.24, 2.45) is 7.05 Å². The highest BCUT2D eigenvalue weighted by atomic mass is 32.2. The number of nitro groups is 1. The summed E-state index contributed by atoms with van der Waals surface area (Å²) >= 11 is 1.39. The highest BCUT2D eigenvalue weighted by Gasteiger charge is 2.13. The van der Waals surface area contributed by atoms with Crippen molar-refractivity contribution in [2.75, 3.05) is 0 Å². The summed E-state index contributed by atoms with van der Waals surface area (Å²) < 4.78 is 6.80. The molecule has 0 aliphatic rings. The fraction of sp³-hybridized carbons (Fsp3) is 0.300. The van der Waals surface area contributed by atoms with Gasteiger partial charge in [0, 0.05) is 7.05 Å². The van der Waals surface area contributed by atoms with E-state index >= 15 is 0 Å². The lowest BCUT2D eigenvalue weighted by Gasteiger charge is -2.02. The van der Waals surface area contributed by atoms with Crippen LogP contribution in [0.1, 0.15) is 11.5 Å². The number of nitrogens with zero attached hydrogens (tertiary/aromatic N) is 3. The molecule has 96 valence electrons. The Morgan fingerprint density at radius 1 is 1.61 bits per heavy atom. The summed E-state index contributed by atoms with van der Waals surface area (Å²) in [5.41, 5.74) is 0.711. The van der Waals surface area contributed by atoms with Crippen molar-refractivity contribution < 1.29 is 14.4 Å². The Morgan fingerprint density at radius 2 is 2.39 bits per heavy atom. The summed E-state index contributed by atoms with van der Waals surface area (Å²) in [7, 11) is 1.80. The molecule has 0 bridgehead atoms. The summed E-state index contributed by atoms with van der Waals surface area (Å²) in [4.78, 5) is 14.0. The quantitative estimate of drug-likeness (QED) is 0.504. The van der Waals surface area contributed by atoms with Gasteiger partial charge in [-0.05, 0) is 6.07 Å². The van der Waals surface area contributed by atoms with E-state index in [1.54, 1.807) is 23.9 Å². The number of hydrogen-bond acceptors (Lipinski definition) is 6. The molecule has 18 heavy (non-hydrogen) atoms. The molecular formula is C10H11N3O4S. The zero-order chi connectivity index (χ0) is 13.1. The Bertz CT molecular complexity index is 563. The lowest BCUT2D eigenvalue weighted by Crippen LogP contribution is -1.97. The SMILES string of the molecule is Cn1c(CO)cnc1SCc1ccc([N+](=O)[O-])o1. The van der Waals surface area contributed by atoms with Crippen LogP contribution in [0.2, 0.25) is 0 Å². The van der Waals surface area contributed by atoms with Crippen LogP contribution in [0.5, 0.6) is 0 Å². The van der Waals surface area contributed by atoms with Gasteiger partial charge in [0.05, 0.1) is 30.3 Å². The van der Waals surface area contributed by atoms with Crippen LogP contribution in [0.3, 0.4) is 0 Å². The topological polar surface area (TPSA) is 94.3 Å². The van der Waals surface area contributed by atoms with Crippen molar-refractivity contribution in [3.8, 4) is 0 Å². The van der Waals surface area contributed by atoms with E-state index in [9.17, 15) is 10.1 Å². The van der Waals surface area contributed by atoms with E-state index in [-0.39, 0.29) is 12.5 Å². The highest BCUT2D eigenvalue weighted by molar-refractivity contribution is 7.98. The van der Waals surface area contributed by atoms with Crippen molar-refractivity contribution in [1.29, 1.82) is 0 Å². The molecule has 1 N–H and O–H groups in total. The first-order chi connectivity index (χ1) is 8.61. The molecule has 0 aliphatic carbocycles. The van der Waals surface area contributed by atoms with E-state index in [1.807, 2.05) is 0 Å². The predicted molar refractivity (Wildman–Crippen MR) is 64.1 cm³/mol. The number of aliphatic hydroxyl groups excluding tert-OH is 1. The fourth-order valence-corrected chi connectivity index (χ4v) is 2.25. The maximum absolute atomic E-state index is 10.4. The Balaban J connectivity index is 2.02. The van der Waals surface area contributed by atoms with Gasteiger partial charge in [-0.15, -0.1) is 0 Å². The summed E-state index contributed by atoms with van der Waals surface area (Å²) in [6, 6.07) is 2.90. The molecule has 8 heteroatoms. The molecular weight excluding hydrogens is 258 g/mol. The lowest BCUT2D eigenvalue weighted by molar-refractivity contribution is -0.402. The summed E-state index contributed by atoms with van der Waals surface area (Å²) in [6.45, 7) is -0.0731. The maximum atomic E-state index is 10.4. The molecule has 7 nitrogen and oxygen atoms in total. The standard InChI is InChI=1S/C10H11N3O4S/c1-12-7(5-14)4-11-10(12)18-6-8-2-3-9(17-8)13(15)16/h2-4,14H,5-6H2,1H3. The van der Waals surface area contributed by atoms with Crippen molar-refractivity contribution in [3.63, 3.8) is 0 Å². The maximum Gasteiger partial charge on any atom is 0.433 e. The Labute approximate surface area is 107 Å². The van der Waals surface area contributed by atoms with Crippen molar-refractivity contribution in [2.45, 2.75) is 17.5 Å². The van der Waals surface area contributed by atoms with E-state index in [2.05, 4.69) is 4.98 Å². The largest absolute Gasteiger partial charge is 0.433 e. The van der Waals surface area contributed by atoms with Gasteiger partial charge in [-0.3, -0.25) is 10.1 Å². The number of thioether (sulfide) groups is 1. The average Bonchev–Trinajstić information content (AvgIpc) is 2.93. The average molecular weight is 269 g/mol. The Kier molecular flexibility index (Phi) is 3.68. The van der Waals surface area contributed by atoms with Crippen LogP contribution in [-0.4, -0.2) is 19.6 Å². The lowest BCUT2D eigenvalue weighted by atomic mass is 10.5. The van der Waals surface area contributed by atoms with E-state index in [0.29, 0.717) is 17.2 Å². The zero-order valence-corrected chi connectivity index (χ0v) is 10.4. The molecule has 0 saturated heterocycles. The Hall–Kier alpha value is -1.80. The van der Waals surface area contributed by atoms with Crippen LogP contribution in [0.15, 0.2) is 27.9 Å². The van der Waals surface area contributed by atoms with Crippen LogP contribution in [0, 0.1) is 10.1 Å². The van der Waals surface area contributed by atoms with E-state index in [4.69, 9.17) is 9.52 Å². The molecule has 0 unspecified atom stereocenters. The number of rotatable bonds is 5. The predicted octanol–water partition coefficient (Wildman–Crippen LogP) is 1.71. The minimum absolute atomic E-state index is 0.0731. The monoisotopic (exact) mass is 269 g/mol. The van der Waals surface area contributed by atoms with E-state index in [1.165, 1.54) is 17.8 Å². The van der Waals surface area contributed by atoms with Gasteiger partial charge < -0.3 is 14.1 Å². The molecule has 0 atom stereocenters. The highest BCUT2D eigenvalue weighted by Crippen LogP contribution is 2.25. The van der Waals surface area contributed by atoms with Crippen LogP contribution < -0.4 is 0 Å². The molecule has 0 saturated carbocycles. The molecule has 0 fully saturated rings. The second kappa shape index (κ2) is 5.23. The van der Waals surface area contributed by atoms with Gasteiger partial charge in [0.15, 0.2) is 5.16 Å². The number of imidazole rings is 1. The molecule has 2 aromatic heterocycles. The number of aliphatic hydroxyl groups is 1. The van der Waals surface area contributed by atoms with Gasteiger partial charge in [0.1, 0.15) is 10.7 Å². The van der Waals surface area contributed by atoms with Gasteiger partial charge in [-0.2, -0.15) is 0 Å². The van der Waals surface area contributed by atoms with Crippen molar-refractivity contribution in [1.82, 2.24) is 9.55 Å². The van der Waals surface area contributed by atoms with Gasteiger partial charge in [-0.1, -0.05) is 11.8 Å². The summed E-state index contributed by atoms with van der Waals surface area (Å²) in [6.07, 6.45) is 1.59. The van der Waals surface area contributed by atoms with Crippen LogP contribution in [-0.2, 0) is 19.4 Å². The summed E-state index contributed by atoms with van der Waals surface area (Å²) in [5.74, 6) is 0.700. The second-order valence-electron chi connectivity index (χ2n) is 3.53. The number of aromatic nitrogens is 2. The van der Waals surface area contributed by atoms with Gasteiger partial charge in [0.2, 0.25) is 0 Å². The van der Waals surface area contributed by atoms with E-state index < -0.39 is 4.92 Å². The number of hydrogen-bond donors (Lipinski definition) is 1. The first-order valence-electron chi connectivity index (χ1n) is 5.09. The third-order valence-electron chi connectivity index (χ3n) is 2.37. The van der Waals surface area contributed by atoms with Gasteiger partial charge >= 0.3 is 5.88 Å². The molecule has 0 aromatic carbocycles. The third-order valence-corrected chi connectivity index (χ3v) is 3.44. The normalized spacial score (nSPS) is 10.8. The molecule has 2 rings (SSSR count). The second-order valence-corrected chi connectivity index (χ2v) is 4.48. The van der Waals surface area contributed by atoms with E-state index in [0.717, 1.165) is 5.16 Å². The molecule has 0 aliphatic heterocycles. The minimum Gasteiger partial charge on any atom is -0.405 e. The van der Waals surface area contributed by atoms with Crippen LogP contribution in [0.4, 0.5) is 5.88 Å². The third kappa shape index (κ3) is 2.54. The summed E-state index contributed by atoms with van der Waals surface area (Å²) in [5, 5.41) is 20.2. The van der Waals surface area contributed by atoms with Crippen molar-refractivity contribution in [3.05, 3.63) is 39.9 Å². The Morgan fingerprint density at radius 3 is 2.94 bits per heavy atom. The molecule has 0 radical (unpaired) electrons. The molecule has 0 spiro atoms. The fourth-order valence-electron chi connectivity index (χ4n) is 1.38. The van der Waals surface area contributed by atoms with Crippen molar-refractivity contribution >= 4 is 17.6 Å².